The molecule has 22 heavy (non-hydrogen) atoms. The van der Waals surface area contributed by atoms with E-state index in [1.807, 2.05) is 41.3 Å². The number of aromatic nitrogens is 2. The summed E-state index contributed by atoms with van der Waals surface area (Å²) in [6, 6.07) is 7.74. The van der Waals surface area contributed by atoms with Crippen molar-refractivity contribution in [1.82, 2.24) is 15.1 Å². The van der Waals surface area contributed by atoms with Crippen molar-refractivity contribution < 1.29 is 4.79 Å². The average molecular weight is 334 g/mol. The summed E-state index contributed by atoms with van der Waals surface area (Å²) in [5.41, 5.74) is 2.04. The number of nitrogens with zero attached hydrogens (tertiary/aromatic N) is 2. The van der Waals surface area contributed by atoms with Crippen LogP contribution in [0.2, 0.25) is 5.02 Å². The molecule has 4 nitrogen and oxygen atoms in total. The van der Waals surface area contributed by atoms with E-state index in [9.17, 15) is 4.79 Å². The first-order chi connectivity index (χ1) is 10.7. The molecule has 1 N–H and O–H groups in total. The molecule has 2 aromatic heterocycles. The first-order valence-electron chi connectivity index (χ1n) is 7.09. The van der Waals surface area contributed by atoms with Crippen LogP contribution in [0.5, 0.6) is 0 Å². The van der Waals surface area contributed by atoms with Gasteiger partial charge in [-0.3, -0.25) is 9.48 Å². The largest absolute Gasteiger partial charge is 0.351 e. The van der Waals surface area contributed by atoms with Crippen LogP contribution in [0.4, 0.5) is 0 Å². The molecule has 0 spiro atoms. The number of hydrogen-bond donors (Lipinski definition) is 1. The maximum atomic E-state index is 12.0. The molecule has 0 bridgehead atoms. The first-order valence-corrected chi connectivity index (χ1v) is 8.35. The zero-order valence-corrected chi connectivity index (χ0v) is 13.7. The summed E-state index contributed by atoms with van der Waals surface area (Å²) in [4.78, 5) is 12.8. The lowest BCUT2D eigenvalue weighted by Crippen LogP contribution is -2.25. The molecule has 0 saturated heterocycles. The zero-order chi connectivity index (χ0) is 15.5. The molecular formula is C16H16ClN3OS. The van der Waals surface area contributed by atoms with Crippen molar-refractivity contribution >= 4 is 39.7 Å². The van der Waals surface area contributed by atoms with Crippen molar-refractivity contribution in [2.24, 2.45) is 0 Å². The number of amides is 1. The predicted molar refractivity (Wildman–Crippen MR) is 90.7 cm³/mol. The van der Waals surface area contributed by atoms with E-state index in [0.717, 1.165) is 34.3 Å². The molecule has 1 aromatic carbocycles. The lowest BCUT2D eigenvalue weighted by Gasteiger charge is -2.06. The Morgan fingerprint density at radius 3 is 3.05 bits per heavy atom. The van der Waals surface area contributed by atoms with Gasteiger partial charge in [-0.15, -0.1) is 11.3 Å². The van der Waals surface area contributed by atoms with Gasteiger partial charge in [0.25, 0.3) is 5.91 Å². The molecule has 3 aromatic rings. The van der Waals surface area contributed by atoms with Crippen LogP contribution in [0.1, 0.15) is 21.7 Å². The van der Waals surface area contributed by atoms with Crippen LogP contribution < -0.4 is 5.32 Å². The van der Waals surface area contributed by atoms with Crippen LogP contribution in [0.3, 0.4) is 0 Å². The van der Waals surface area contributed by atoms with Crippen molar-refractivity contribution in [1.29, 1.82) is 0 Å². The minimum atomic E-state index is 0.000804. The molecule has 0 fully saturated rings. The van der Waals surface area contributed by atoms with Gasteiger partial charge in [-0.05, 0) is 42.5 Å². The van der Waals surface area contributed by atoms with Gasteiger partial charge >= 0.3 is 0 Å². The fraction of sp³-hybridized carbons (Fsp3) is 0.250. The van der Waals surface area contributed by atoms with Gasteiger partial charge in [0.15, 0.2) is 0 Å². The van der Waals surface area contributed by atoms with Crippen LogP contribution in [0.15, 0.2) is 35.8 Å². The van der Waals surface area contributed by atoms with E-state index in [0.29, 0.717) is 11.6 Å². The third-order valence-corrected chi connectivity index (χ3v) is 4.88. The van der Waals surface area contributed by atoms with Crippen molar-refractivity contribution in [3.8, 4) is 0 Å². The third-order valence-electron chi connectivity index (χ3n) is 3.53. The van der Waals surface area contributed by atoms with E-state index in [2.05, 4.69) is 10.4 Å². The van der Waals surface area contributed by atoms with Crippen LogP contribution in [0.25, 0.3) is 10.9 Å². The van der Waals surface area contributed by atoms with Gasteiger partial charge in [0.1, 0.15) is 0 Å². The molecule has 6 heteroatoms. The molecule has 1 amide bonds. The van der Waals surface area contributed by atoms with E-state index in [-0.39, 0.29) is 5.91 Å². The molecule has 0 aliphatic carbocycles. The molecule has 0 radical (unpaired) electrons. The fourth-order valence-electron chi connectivity index (χ4n) is 2.36. The second kappa shape index (κ2) is 6.50. The lowest BCUT2D eigenvalue weighted by atomic mass is 10.2. The monoisotopic (exact) mass is 333 g/mol. The number of carbonyl (C=O) groups is 1. The topological polar surface area (TPSA) is 46.9 Å². The lowest BCUT2D eigenvalue weighted by molar-refractivity contribution is 0.0956. The second-order valence-corrected chi connectivity index (χ2v) is 6.41. The number of halogens is 1. The third kappa shape index (κ3) is 3.00. The quantitative estimate of drug-likeness (QED) is 0.720. The summed E-state index contributed by atoms with van der Waals surface area (Å²) in [6.45, 7) is 3.32. The van der Waals surface area contributed by atoms with Gasteiger partial charge in [0, 0.05) is 18.5 Å². The summed E-state index contributed by atoms with van der Waals surface area (Å²) in [5.74, 6) is 0.000804. The number of carbonyl (C=O) groups excluding carboxylic acids is 1. The number of benzene rings is 1. The Balaban J connectivity index is 1.56. The number of fused-ring (bicyclic) bond motifs is 1. The molecular weight excluding hydrogens is 318 g/mol. The van der Waals surface area contributed by atoms with Gasteiger partial charge in [0.2, 0.25) is 0 Å². The Kier molecular flexibility index (Phi) is 4.45. The average Bonchev–Trinajstić information content (AvgIpc) is 3.11. The molecule has 114 valence electrons. The van der Waals surface area contributed by atoms with Gasteiger partial charge in [-0.2, -0.15) is 5.10 Å². The normalized spacial score (nSPS) is 11.0. The second-order valence-electron chi connectivity index (χ2n) is 5.08. The van der Waals surface area contributed by atoms with Crippen molar-refractivity contribution in [2.75, 3.05) is 6.54 Å². The highest BCUT2D eigenvalue weighted by Gasteiger charge is 2.10. The summed E-state index contributed by atoms with van der Waals surface area (Å²) in [5, 5.41) is 10.9. The standard InChI is InChI=1S/C16H16ClN3OS/c1-11-6-9-22-15(11)16(21)18-7-3-8-20-14-5-2-4-13(17)12(14)10-19-20/h2,4-6,9-10H,3,7-8H2,1H3,(H,18,21). The van der Waals surface area contributed by atoms with Crippen LogP contribution in [-0.4, -0.2) is 22.2 Å². The fourth-order valence-corrected chi connectivity index (χ4v) is 3.42. The molecule has 0 unspecified atom stereocenters. The predicted octanol–water partition coefficient (Wildman–Crippen LogP) is 3.88. The number of thiophene rings is 1. The zero-order valence-electron chi connectivity index (χ0n) is 12.2. The molecule has 0 aliphatic heterocycles. The Morgan fingerprint density at radius 1 is 1.41 bits per heavy atom. The minimum Gasteiger partial charge on any atom is -0.351 e. The van der Waals surface area contributed by atoms with Crippen LogP contribution in [-0.2, 0) is 6.54 Å². The van der Waals surface area contributed by atoms with E-state index >= 15 is 0 Å². The summed E-state index contributed by atoms with van der Waals surface area (Å²) in [7, 11) is 0. The maximum Gasteiger partial charge on any atom is 0.261 e. The van der Waals surface area contributed by atoms with Gasteiger partial charge in [0.05, 0.1) is 21.6 Å². The molecule has 0 saturated carbocycles. The Morgan fingerprint density at radius 2 is 2.27 bits per heavy atom. The molecule has 2 heterocycles. The molecule has 3 rings (SSSR count). The first kappa shape index (κ1) is 15.1. The number of aryl methyl sites for hydroxylation is 2. The van der Waals surface area contributed by atoms with E-state index in [1.54, 1.807) is 6.20 Å². The van der Waals surface area contributed by atoms with Gasteiger partial charge < -0.3 is 5.32 Å². The Bertz CT molecular complexity index is 809. The van der Waals surface area contributed by atoms with Crippen molar-refractivity contribution in [2.45, 2.75) is 19.9 Å². The summed E-state index contributed by atoms with van der Waals surface area (Å²) >= 11 is 7.61. The molecule has 0 atom stereocenters. The molecule has 0 aliphatic rings. The number of nitrogens with one attached hydrogen (secondary N) is 1. The van der Waals surface area contributed by atoms with Crippen LogP contribution >= 0.6 is 22.9 Å². The summed E-state index contributed by atoms with van der Waals surface area (Å²) < 4.78 is 1.92. The van der Waals surface area contributed by atoms with E-state index in [4.69, 9.17) is 11.6 Å². The van der Waals surface area contributed by atoms with Crippen molar-refractivity contribution in [3.05, 3.63) is 51.3 Å². The highest BCUT2D eigenvalue weighted by molar-refractivity contribution is 7.12. The van der Waals surface area contributed by atoms with Crippen LogP contribution in [0, 0.1) is 6.92 Å². The van der Waals surface area contributed by atoms with Gasteiger partial charge in [-0.1, -0.05) is 17.7 Å². The highest BCUT2D eigenvalue weighted by Crippen LogP contribution is 2.22. The highest BCUT2D eigenvalue weighted by atomic mass is 35.5. The number of rotatable bonds is 5. The van der Waals surface area contributed by atoms with Crippen molar-refractivity contribution in [3.63, 3.8) is 0 Å². The minimum absolute atomic E-state index is 0.000804. The smallest absolute Gasteiger partial charge is 0.261 e. The Hall–Kier alpha value is -1.85. The maximum absolute atomic E-state index is 12.0. The summed E-state index contributed by atoms with van der Waals surface area (Å²) in [6.07, 6.45) is 2.60. The SMILES string of the molecule is Cc1ccsc1C(=O)NCCCn1ncc2c(Cl)cccc21. The van der Waals surface area contributed by atoms with E-state index < -0.39 is 0 Å². The Labute approximate surface area is 137 Å². The number of hydrogen-bond acceptors (Lipinski definition) is 3. The van der Waals surface area contributed by atoms with E-state index in [1.165, 1.54) is 11.3 Å². The van der Waals surface area contributed by atoms with Gasteiger partial charge in [-0.25, -0.2) is 0 Å².